The Morgan fingerprint density at radius 1 is 1.62 bits per heavy atom. The SMILES string of the molecule is CCC[C@@H](N)C(=O)N1CC(=O)NC(=O)C1C. The van der Waals surface area contributed by atoms with Gasteiger partial charge in [0, 0.05) is 0 Å². The first-order valence-electron chi connectivity index (χ1n) is 5.37. The minimum Gasteiger partial charge on any atom is -0.320 e. The fourth-order valence-corrected chi connectivity index (χ4v) is 1.63. The fourth-order valence-electron chi connectivity index (χ4n) is 1.63. The summed E-state index contributed by atoms with van der Waals surface area (Å²) in [5.74, 6) is -1.24. The molecule has 1 aliphatic heterocycles. The molecule has 0 aromatic rings. The zero-order valence-electron chi connectivity index (χ0n) is 9.53. The number of piperazine rings is 1. The van der Waals surface area contributed by atoms with Crippen LogP contribution >= 0.6 is 0 Å². The van der Waals surface area contributed by atoms with Gasteiger partial charge in [0.2, 0.25) is 17.7 Å². The molecule has 0 radical (unpaired) electrons. The van der Waals surface area contributed by atoms with Gasteiger partial charge < -0.3 is 10.6 Å². The first-order valence-corrected chi connectivity index (χ1v) is 5.37. The Morgan fingerprint density at radius 3 is 2.81 bits per heavy atom. The highest BCUT2D eigenvalue weighted by atomic mass is 16.2. The number of rotatable bonds is 3. The second kappa shape index (κ2) is 5.07. The summed E-state index contributed by atoms with van der Waals surface area (Å²) in [6.07, 6.45) is 1.34. The molecule has 1 aliphatic rings. The minimum absolute atomic E-state index is 0.0941. The lowest BCUT2D eigenvalue weighted by atomic mass is 10.1. The largest absolute Gasteiger partial charge is 0.320 e. The second-order valence-corrected chi connectivity index (χ2v) is 3.95. The van der Waals surface area contributed by atoms with Gasteiger partial charge >= 0.3 is 0 Å². The van der Waals surface area contributed by atoms with Crippen LogP contribution in [0.15, 0.2) is 0 Å². The number of carbonyl (C=O) groups excluding carboxylic acids is 3. The van der Waals surface area contributed by atoms with Crippen LogP contribution in [0.1, 0.15) is 26.7 Å². The molecule has 0 aromatic carbocycles. The van der Waals surface area contributed by atoms with Crippen LogP contribution in [0.2, 0.25) is 0 Å². The number of imide groups is 1. The molecule has 6 nitrogen and oxygen atoms in total. The van der Waals surface area contributed by atoms with Gasteiger partial charge in [-0.25, -0.2) is 0 Å². The lowest BCUT2D eigenvalue weighted by Gasteiger charge is -2.33. The normalized spacial score (nSPS) is 22.9. The Balaban J connectivity index is 2.73. The Kier molecular flexibility index (Phi) is 4.00. The summed E-state index contributed by atoms with van der Waals surface area (Å²) < 4.78 is 0. The van der Waals surface area contributed by atoms with Crippen molar-refractivity contribution in [2.75, 3.05) is 6.54 Å². The van der Waals surface area contributed by atoms with Crippen molar-refractivity contribution < 1.29 is 14.4 Å². The smallest absolute Gasteiger partial charge is 0.249 e. The van der Waals surface area contributed by atoms with Gasteiger partial charge in [-0.3, -0.25) is 19.7 Å². The molecule has 3 N–H and O–H groups in total. The molecule has 1 rings (SSSR count). The molecule has 0 aliphatic carbocycles. The molecule has 1 saturated heterocycles. The molecule has 0 spiro atoms. The van der Waals surface area contributed by atoms with E-state index in [-0.39, 0.29) is 12.5 Å². The Morgan fingerprint density at radius 2 is 2.25 bits per heavy atom. The number of carbonyl (C=O) groups is 3. The molecule has 0 saturated carbocycles. The van der Waals surface area contributed by atoms with Gasteiger partial charge in [0.1, 0.15) is 12.6 Å². The third kappa shape index (κ3) is 2.57. The van der Waals surface area contributed by atoms with Gasteiger partial charge in [0.15, 0.2) is 0 Å². The van der Waals surface area contributed by atoms with E-state index >= 15 is 0 Å². The van der Waals surface area contributed by atoms with Crippen molar-refractivity contribution in [1.82, 2.24) is 10.2 Å². The van der Waals surface area contributed by atoms with E-state index < -0.39 is 23.9 Å². The predicted octanol–water partition coefficient (Wildman–Crippen LogP) is -1.01. The molecule has 0 bridgehead atoms. The van der Waals surface area contributed by atoms with Crippen molar-refractivity contribution in [3.8, 4) is 0 Å². The standard InChI is InChI=1S/C10H17N3O3/c1-3-4-7(11)10(16)13-5-8(14)12-9(15)6(13)2/h6-7H,3-5,11H2,1-2H3,(H,12,14,15)/t6?,7-/m1/s1. The second-order valence-electron chi connectivity index (χ2n) is 3.95. The van der Waals surface area contributed by atoms with Gasteiger partial charge in [-0.1, -0.05) is 13.3 Å². The Labute approximate surface area is 94.2 Å². The molecule has 3 amide bonds. The monoisotopic (exact) mass is 227 g/mol. The minimum atomic E-state index is -0.633. The summed E-state index contributed by atoms with van der Waals surface area (Å²) in [5.41, 5.74) is 5.68. The zero-order valence-corrected chi connectivity index (χ0v) is 9.53. The number of amides is 3. The maximum absolute atomic E-state index is 11.9. The number of nitrogens with one attached hydrogen (secondary N) is 1. The summed E-state index contributed by atoms with van der Waals surface area (Å²) in [6, 6.07) is -1.26. The molecule has 16 heavy (non-hydrogen) atoms. The summed E-state index contributed by atoms with van der Waals surface area (Å²) in [5, 5.41) is 2.17. The van der Waals surface area contributed by atoms with E-state index in [2.05, 4.69) is 5.32 Å². The molecular formula is C10H17N3O3. The highest BCUT2D eigenvalue weighted by molar-refractivity contribution is 6.04. The van der Waals surface area contributed by atoms with E-state index in [0.717, 1.165) is 6.42 Å². The molecule has 6 heteroatoms. The summed E-state index contributed by atoms with van der Waals surface area (Å²) in [4.78, 5) is 35.6. The van der Waals surface area contributed by atoms with Crippen LogP contribution in [0.3, 0.4) is 0 Å². The maximum Gasteiger partial charge on any atom is 0.249 e. The van der Waals surface area contributed by atoms with Gasteiger partial charge in [0.25, 0.3) is 0 Å². The van der Waals surface area contributed by atoms with E-state index in [4.69, 9.17) is 5.73 Å². The highest BCUT2D eigenvalue weighted by Crippen LogP contribution is 2.08. The van der Waals surface area contributed by atoms with Crippen LogP contribution in [-0.2, 0) is 14.4 Å². The van der Waals surface area contributed by atoms with Crippen molar-refractivity contribution in [3.63, 3.8) is 0 Å². The molecule has 1 fully saturated rings. The van der Waals surface area contributed by atoms with Crippen LogP contribution in [0.25, 0.3) is 0 Å². The van der Waals surface area contributed by atoms with Crippen LogP contribution in [-0.4, -0.2) is 41.2 Å². The molecule has 90 valence electrons. The van der Waals surface area contributed by atoms with Crippen LogP contribution in [0.5, 0.6) is 0 Å². The number of hydrogen-bond acceptors (Lipinski definition) is 4. The fraction of sp³-hybridized carbons (Fsp3) is 0.700. The first kappa shape index (κ1) is 12.6. The maximum atomic E-state index is 11.9. The topological polar surface area (TPSA) is 92.5 Å². The van der Waals surface area contributed by atoms with Crippen molar-refractivity contribution in [2.24, 2.45) is 5.73 Å². The quantitative estimate of drug-likeness (QED) is 0.604. The third-order valence-electron chi connectivity index (χ3n) is 2.62. The average molecular weight is 227 g/mol. The van der Waals surface area contributed by atoms with E-state index in [1.54, 1.807) is 6.92 Å². The van der Waals surface area contributed by atoms with Crippen molar-refractivity contribution in [2.45, 2.75) is 38.8 Å². The highest BCUT2D eigenvalue weighted by Gasteiger charge is 2.35. The number of hydrogen-bond donors (Lipinski definition) is 2. The Hall–Kier alpha value is -1.43. The molecular weight excluding hydrogens is 210 g/mol. The van der Waals surface area contributed by atoms with Crippen LogP contribution in [0, 0.1) is 0 Å². The van der Waals surface area contributed by atoms with Gasteiger partial charge in [-0.15, -0.1) is 0 Å². The van der Waals surface area contributed by atoms with Crippen molar-refractivity contribution in [1.29, 1.82) is 0 Å². The van der Waals surface area contributed by atoms with Gasteiger partial charge in [-0.05, 0) is 13.3 Å². The van der Waals surface area contributed by atoms with E-state index in [0.29, 0.717) is 6.42 Å². The Bertz CT molecular complexity index is 316. The molecule has 2 atom stereocenters. The molecule has 0 aromatic heterocycles. The summed E-state index contributed by atoms with van der Waals surface area (Å²) >= 11 is 0. The van der Waals surface area contributed by atoms with E-state index in [9.17, 15) is 14.4 Å². The third-order valence-corrected chi connectivity index (χ3v) is 2.62. The van der Waals surface area contributed by atoms with Gasteiger partial charge in [0.05, 0.1) is 6.04 Å². The average Bonchev–Trinajstić information content (AvgIpc) is 2.22. The van der Waals surface area contributed by atoms with Crippen LogP contribution in [0.4, 0.5) is 0 Å². The van der Waals surface area contributed by atoms with Crippen LogP contribution < -0.4 is 11.1 Å². The van der Waals surface area contributed by atoms with E-state index in [1.807, 2.05) is 6.92 Å². The van der Waals surface area contributed by atoms with Crippen molar-refractivity contribution >= 4 is 17.7 Å². The number of nitrogens with zero attached hydrogens (tertiary/aromatic N) is 1. The first-order chi connectivity index (χ1) is 7.47. The molecule has 1 heterocycles. The lowest BCUT2D eigenvalue weighted by Crippen LogP contribution is -2.61. The zero-order chi connectivity index (χ0) is 12.3. The molecule has 1 unspecified atom stereocenters. The number of nitrogens with two attached hydrogens (primary N) is 1. The summed E-state index contributed by atoms with van der Waals surface area (Å²) in [7, 11) is 0. The lowest BCUT2D eigenvalue weighted by molar-refractivity contribution is -0.150. The van der Waals surface area contributed by atoms with Crippen molar-refractivity contribution in [3.05, 3.63) is 0 Å². The predicted molar refractivity (Wildman–Crippen MR) is 57.2 cm³/mol. The van der Waals surface area contributed by atoms with Gasteiger partial charge in [-0.2, -0.15) is 0 Å². The van der Waals surface area contributed by atoms with E-state index in [1.165, 1.54) is 4.90 Å². The summed E-state index contributed by atoms with van der Waals surface area (Å²) in [6.45, 7) is 3.41.